The molecule has 0 bridgehead atoms. The number of methoxy groups -OCH3 is 1. The number of primary amides is 1. The van der Waals surface area contributed by atoms with E-state index in [1.165, 1.54) is 0 Å². The first kappa shape index (κ1) is 23.0. The SMILES string of the molecule is COCCOCCn1cc(-c2ccc(Oc3ccncc3)nc2C(N)=O)c(-c2ccccn2)n1. The first-order valence-corrected chi connectivity index (χ1v) is 10.6. The molecule has 0 fully saturated rings. The highest BCUT2D eigenvalue weighted by Crippen LogP contribution is 2.33. The molecule has 0 unspecified atom stereocenters. The maximum atomic E-state index is 12.3. The summed E-state index contributed by atoms with van der Waals surface area (Å²) >= 11 is 0. The van der Waals surface area contributed by atoms with Crippen molar-refractivity contribution in [2.24, 2.45) is 5.73 Å². The van der Waals surface area contributed by atoms with E-state index >= 15 is 0 Å². The molecule has 34 heavy (non-hydrogen) atoms. The zero-order chi connectivity index (χ0) is 23.8. The van der Waals surface area contributed by atoms with Crippen LogP contribution in [0.3, 0.4) is 0 Å². The molecule has 0 aliphatic carbocycles. The van der Waals surface area contributed by atoms with Crippen LogP contribution in [0.2, 0.25) is 0 Å². The van der Waals surface area contributed by atoms with E-state index < -0.39 is 5.91 Å². The summed E-state index contributed by atoms with van der Waals surface area (Å²) in [5, 5.41) is 4.69. The molecule has 0 aliphatic heterocycles. The lowest BCUT2D eigenvalue weighted by Gasteiger charge is -2.10. The van der Waals surface area contributed by atoms with Crippen LogP contribution < -0.4 is 10.5 Å². The molecule has 1 amide bonds. The van der Waals surface area contributed by atoms with Gasteiger partial charge in [-0.05, 0) is 30.3 Å². The van der Waals surface area contributed by atoms with Crippen LogP contribution in [0.1, 0.15) is 10.5 Å². The summed E-state index contributed by atoms with van der Waals surface area (Å²) in [6.45, 7) is 1.97. The summed E-state index contributed by atoms with van der Waals surface area (Å²) in [5.41, 5.74) is 8.22. The molecule has 4 heterocycles. The van der Waals surface area contributed by atoms with Crippen molar-refractivity contribution in [1.82, 2.24) is 24.7 Å². The molecule has 4 aromatic rings. The van der Waals surface area contributed by atoms with Crippen molar-refractivity contribution >= 4 is 5.91 Å². The van der Waals surface area contributed by atoms with Gasteiger partial charge < -0.3 is 19.9 Å². The summed E-state index contributed by atoms with van der Waals surface area (Å²) in [6, 6.07) is 12.4. The highest BCUT2D eigenvalue weighted by molar-refractivity contribution is 5.99. The summed E-state index contributed by atoms with van der Waals surface area (Å²) in [5.74, 6) is 0.0982. The second-order valence-corrected chi connectivity index (χ2v) is 7.17. The number of hydrogen-bond acceptors (Lipinski definition) is 8. The molecule has 4 aromatic heterocycles. The molecular weight excluding hydrogens is 436 g/mol. The summed E-state index contributed by atoms with van der Waals surface area (Å²) < 4.78 is 18.1. The fourth-order valence-electron chi connectivity index (χ4n) is 3.26. The number of carbonyl (C=O) groups excluding carboxylic acids is 1. The largest absolute Gasteiger partial charge is 0.439 e. The Kier molecular flexibility index (Phi) is 7.53. The van der Waals surface area contributed by atoms with Gasteiger partial charge >= 0.3 is 0 Å². The van der Waals surface area contributed by atoms with Gasteiger partial charge in [0.15, 0.2) is 0 Å². The average molecular weight is 460 g/mol. The Morgan fingerprint density at radius 2 is 1.85 bits per heavy atom. The number of carbonyl (C=O) groups is 1. The third-order valence-corrected chi connectivity index (χ3v) is 4.83. The van der Waals surface area contributed by atoms with Crippen LogP contribution >= 0.6 is 0 Å². The van der Waals surface area contributed by atoms with E-state index in [0.717, 1.165) is 0 Å². The Morgan fingerprint density at radius 3 is 2.59 bits per heavy atom. The predicted octanol–water partition coefficient (Wildman–Crippen LogP) is 2.96. The second-order valence-electron chi connectivity index (χ2n) is 7.17. The third-order valence-electron chi connectivity index (χ3n) is 4.83. The van der Waals surface area contributed by atoms with E-state index in [9.17, 15) is 4.79 Å². The molecule has 0 aliphatic rings. The number of ether oxygens (including phenoxy) is 3. The first-order chi connectivity index (χ1) is 16.7. The Labute approximate surface area is 196 Å². The van der Waals surface area contributed by atoms with Gasteiger partial charge in [-0.1, -0.05) is 6.07 Å². The fraction of sp³-hybridized carbons (Fsp3) is 0.208. The van der Waals surface area contributed by atoms with Crippen molar-refractivity contribution in [3.63, 3.8) is 0 Å². The van der Waals surface area contributed by atoms with E-state index in [0.29, 0.717) is 54.6 Å². The number of pyridine rings is 3. The van der Waals surface area contributed by atoms with Gasteiger partial charge in [-0.15, -0.1) is 0 Å². The van der Waals surface area contributed by atoms with Crippen molar-refractivity contribution in [3.8, 4) is 34.1 Å². The maximum Gasteiger partial charge on any atom is 0.268 e. The van der Waals surface area contributed by atoms with Crippen LogP contribution in [-0.4, -0.2) is 57.6 Å². The number of amides is 1. The normalized spacial score (nSPS) is 10.9. The summed E-state index contributed by atoms with van der Waals surface area (Å²) in [7, 11) is 1.63. The maximum absolute atomic E-state index is 12.3. The molecule has 0 spiro atoms. The average Bonchev–Trinajstić information content (AvgIpc) is 3.29. The minimum atomic E-state index is -0.683. The van der Waals surface area contributed by atoms with E-state index in [-0.39, 0.29) is 11.6 Å². The molecule has 10 nitrogen and oxygen atoms in total. The van der Waals surface area contributed by atoms with Crippen molar-refractivity contribution in [2.75, 3.05) is 26.9 Å². The summed E-state index contributed by atoms with van der Waals surface area (Å²) in [6.07, 6.45) is 6.72. The molecule has 174 valence electrons. The Bertz CT molecular complexity index is 1230. The Hall–Kier alpha value is -4.15. The fourth-order valence-corrected chi connectivity index (χ4v) is 3.26. The standard InChI is InChI=1S/C24H24N6O4/c1-32-14-15-33-13-12-30-16-19(22(29-30)20-4-2-3-9-27-20)18-5-6-21(28-23(18)24(25)31)34-17-7-10-26-11-8-17/h2-11,16H,12-15H2,1H3,(H2,25,31). The second kappa shape index (κ2) is 11.1. The number of aromatic nitrogens is 5. The molecular formula is C24H24N6O4. The van der Waals surface area contributed by atoms with Crippen LogP contribution in [-0.2, 0) is 16.0 Å². The zero-order valence-electron chi connectivity index (χ0n) is 18.6. The van der Waals surface area contributed by atoms with Gasteiger partial charge in [0.25, 0.3) is 5.91 Å². The number of hydrogen-bond donors (Lipinski definition) is 1. The topological polar surface area (TPSA) is 127 Å². The molecule has 0 radical (unpaired) electrons. The van der Waals surface area contributed by atoms with Crippen LogP contribution in [0.25, 0.3) is 22.5 Å². The van der Waals surface area contributed by atoms with Crippen LogP contribution in [0, 0.1) is 0 Å². The molecule has 4 rings (SSSR count). The molecule has 0 atom stereocenters. The number of nitrogens with zero attached hydrogens (tertiary/aromatic N) is 5. The van der Waals surface area contributed by atoms with Crippen molar-refractivity contribution in [1.29, 1.82) is 0 Å². The number of rotatable bonds is 11. The molecule has 10 heteroatoms. The smallest absolute Gasteiger partial charge is 0.268 e. The van der Waals surface area contributed by atoms with Gasteiger partial charge in [-0.25, -0.2) is 4.98 Å². The Balaban J connectivity index is 1.69. The minimum absolute atomic E-state index is 0.0691. The molecule has 0 saturated heterocycles. The van der Waals surface area contributed by atoms with E-state index in [2.05, 4.69) is 15.0 Å². The summed E-state index contributed by atoms with van der Waals surface area (Å²) in [4.78, 5) is 25.1. The lowest BCUT2D eigenvalue weighted by molar-refractivity contribution is 0.0654. The van der Waals surface area contributed by atoms with Gasteiger partial charge in [0, 0.05) is 49.1 Å². The zero-order valence-corrected chi connectivity index (χ0v) is 18.6. The predicted molar refractivity (Wildman–Crippen MR) is 124 cm³/mol. The van der Waals surface area contributed by atoms with Crippen molar-refractivity contribution in [2.45, 2.75) is 6.54 Å². The van der Waals surface area contributed by atoms with Crippen molar-refractivity contribution in [3.05, 3.63) is 72.9 Å². The van der Waals surface area contributed by atoms with Crippen LogP contribution in [0.5, 0.6) is 11.6 Å². The number of nitrogens with two attached hydrogens (primary N) is 1. The third kappa shape index (κ3) is 5.61. The highest BCUT2D eigenvalue weighted by atomic mass is 16.5. The highest BCUT2D eigenvalue weighted by Gasteiger charge is 2.21. The quantitative estimate of drug-likeness (QED) is 0.339. The Morgan fingerprint density at radius 1 is 1.00 bits per heavy atom. The monoisotopic (exact) mass is 460 g/mol. The van der Waals surface area contributed by atoms with Gasteiger partial charge in [0.05, 0.1) is 32.1 Å². The van der Waals surface area contributed by atoms with Crippen molar-refractivity contribution < 1.29 is 19.0 Å². The molecule has 0 saturated carbocycles. The van der Waals surface area contributed by atoms with E-state index in [4.69, 9.17) is 25.0 Å². The van der Waals surface area contributed by atoms with Crippen LogP contribution in [0.15, 0.2) is 67.3 Å². The first-order valence-electron chi connectivity index (χ1n) is 10.6. The van der Waals surface area contributed by atoms with Gasteiger partial charge in [-0.2, -0.15) is 5.10 Å². The lowest BCUT2D eigenvalue weighted by Crippen LogP contribution is -2.15. The minimum Gasteiger partial charge on any atom is -0.439 e. The lowest BCUT2D eigenvalue weighted by atomic mass is 10.0. The van der Waals surface area contributed by atoms with Gasteiger partial charge in [0.1, 0.15) is 17.1 Å². The van der Waals surface area contributed by atoms with Gasteiger partial charge in [-0.3, -0.25) is 19.4 Å². The van der Waals surface area contributed by atoms with E-state index in [1.807, 2.05) is 24.4 Å². The molecule has 0 aromatic carbocycles. The van der Waals surface area contributed by atoms with Crippen LogP contribution in [0.4, 0.5) is 0 Å². The van der Waals surface area contributed by atoms with E-state index in [1.54, 1.807) is 54.6 Å². The molecule has 2 N–H and O–H groups in total. The van der Waals surface area contributed by atoms with Gasteiger partial charge in [0.2, 0.25) is 5.88 Å².